The zero-order chi connectivity index (χ0) is 15.4. The van der Waals surface area contributed by atoms with Gasteiger partial charge in [-0.1, -0.05) is 6.07 Å². The molecule has 1 aromatic rings. The van der Waals surface area contributed by atoms with Crippen LogP contribution >= 0.6 is 0 Å². The Morgan fingerprint density at radius 2 is 2.23 bits per heavy atom. The predicted molar refractivity (Wildman–Crippen MR) is 82.6 cm³/mol. The van der Waals surface area contributed by atoms with Crippen molar-refractivity contribution in [2.45, 2.75) is 26.2 Å². The van der Waals surface area contributed by atoms with E-state index in [0.29, 0.717) is 18.4 Å². The first kappa shape index (κ1) is 15.3. The molecule has 1 aromatic heterocycles. The second-order valence-corrected chi connectivity index (χ2v) is 6.37. The number of carbonyl (C=O) groups excluding carboxylic acids is 1. The smallest absolute Gasteiger partial charge is 0.219 e. The minimum Gasteiger partial charge on any atom is -0.477 e. The molecule has 5 heteroatoms. The largest absolute Gasteiger partial charge is 0.477 e. The number of hydrogen-bond donors (Lipinski definition) is 0. The number of aromatic nitrogens is 1. The number of piperidine rings is 1. The number of amides is 1. The van der Waals surface area contributed by atoms with Crippen LogP contribution in [0.4, 0.5) is 0 Å². The van der Waals surface area contributed by atoms with Crippen molar-refractivity contribution in [3.05, 3.63) is 24.4 Å². The van der Waals surface area contributed by atoms with E-state index in [1.165, 1.54) is 0 Å². The van der Waals surface area contributed by atoms with Crippen LogP contribution in [0.1, 0.15) is 26.2 Å². The van der Waals surface area contributed by atoms with Gasteiger partial charge in [-0.2, -0.15) is 0 Å². The Morgan fingerprint density at radius 3 is 2.91 bits per heavy atom. The molecule has 0 N–H and O–H groups in total. The summed E-state index contributed by atoms with van der Waals surface area (Å²) in [6.45, 7) is 5.57. The van der Waals surface area contributed by atoms with Gasteiger partial charge in [0.2, 0.25) is 11.8 Å². The Kier molecular flexibility index (Phi) is 4.62. The highest BCUT2D eigenvalue weighted by atomic mass is 16.5. The van der Waals surface area contributed by atoms with E-state index in [0.717, 1.165) is 45.6 Å². The second kappa shape index (κ2) is 6.65. The van der Waals surface area contributed by atoms with E-state index in [4.69, 9.17) is 9.47 Å². The van der Waals surface area contributed by atoms with Gasteiger partial charge in [0.25, 0.3) is 0 Å². The first-order chi connectivity index (χ1) is 10.7. The number of hydrogen-bond acceptors (Lipinski definition) is 4. The van der Waals surface area contributed by atoms with Crippen LogP contribution < -0.4 is 4.74 Å². The molecule has 0 saturated carbocycles. The zero-order valence-electron chi connectivity index (χ0n) is 13.2. The molecule has 22 heavy (non-hydrogen) atoms. The predicted octanol–water partition coefficient (Wildman–Crippen LogP) is 2.13. The average molecular weight is 304 g/mol. The molecule has 0 bridgehead atoms. The highest BCUT2D eigenvalue weighted by Crippen LogP contribution is 2.44. The lowest BCUT2D eigenvalue weighted by Crippen LogP contribution is -2.50. The molecule has 1 unspecified atom stereocenters. The van der Waals surface area contributed by atoms with Crippen molar-refractivity contribution in [3.63, 3.8) is 0 Å². The maximum Gasteiger partial charge on any atom is 0.219 e. The Bertz CT molecular complexity index is 498. The van der Waals surface area contributed by atoms with Gasteiger partial charge < -0.3 is 14.4 Å². The summed E-state index contributed by atoms with van der Waals surface area (Å²) >= 11 is 0. The lowest BCUT2D eigenvalue weighted by atomic mass is 9.66. The van der Waals surface area contributed by atoms with Gasteiger partial charge in [0.15, 0.2) is 0 Å². The molecule has 1 amide bonds. The van der Waals surface area contributed by atoms with Crippen LogP contribution in [-0.2, 0) is 9.53 Å². The summed E-state index contributed by atoms with van der Waals surface area (Å²) < 4.78 is 11.6. The van der Waals surface area contributed by atoms with Gasteiger partial charge in [-0.15, -0.1) is 0 Å². The first-order valence-electron chi connectivity index (χ1n) is 8.07. The van der Waals surface area contributed by atoms with Crippen molar-refractivity contribution in [3.8, 4) is 5.88 Å². The zero-order valence-corrected chi connectivity index (χ0v) is 13.2. The number of carbonyl (C=O) groups is 1. The Labute approximate surface area is 131 Å². The molecule has 0 radical (unpaired) electrons. The molecule has 2 aliphatic rings. The summed E-state index contributed by atoms with van der Waals surface area (Å²) in [4.78, 5) is 17.7. The van der Waals surface area contributed by atoms with Crippen molar-refractivity contribution >= 4 is 5.91 Å². The third-order valence-corrected chi connectivity index (χ3v) is 5.20. The fraction of sp³-hybridized carbons (Fsp3) is 0.647. The number of likely N-dealkylation sites (tertiary alicyclic amines) is 1. The SMILES string of the molecule is CC(=O)N1CCC2(CCOCC2COc2ccccn2)CC1. The molecule has 3 rings (SSSR count). The van der Waals surface area contributed by atoms with Crippen LogP contribution in [0.5, 0.6) is 5.88 Å². The number of nitrogens with zero attached hydrogens (tertiary/aromatic N) is 2. The molecule has 1 atom stereocenters. The molecular formula is C17H24N2O3. The van der Waals surface area contributed by atoms with E-state index in [-0.39, 0.29) is 11.3 Å². The average Bonchev–Trinajstić information content (AvgIpc) is 2.55. The summed E-state index contributed by atoms with van der Waals surface area (Å²) in [5.74, 6) is 1.23. The standard InChI is InChI=1S/C17H24N2O3/c1-14(20)19-9-5-17(6-10-19)7-11-21-12-15(17)13-22-16-4-2-3-8-18-16/h2-4,8,15H,5-7,9-13H2,1H3. The van der Waals surface area contributed by atoms with Crippen LogP contribution in [-0.4, -0.2) is 48.7 Å². The van der Waals surface area contributed by atoms with Gasteiger partial charge in [-0.3, -0.25) is 4.79 Å². The summed E-state index contributed by atoms with van der Waals surface area (Å²) in [5.41, 5.74) is 0.249. The molecule has 120 valence electrons. The van der Waals surface area contributed by atoms with Crippen molar-refractivity contribution in [1.29, 1.82) is 0 Å². The first-order valence-corrected chi connectivity index (χ1v) is 8.07. The molecule has 0 aromatic carbocycles. The van der Waals surface area contributed by atoms with Gasteiger partial charge >= 0.3 is 0 Å². The topological polar surface area (TPSA) is 51.7 Å². The number of ether oxygens (including phenoxy) is 2. The fourth-order valence-corrected chi connectivity index (χ4v) is 3.65. The summed E-state index contributed by atoms with van der Waals surface area (Å²) in [7, 11) is 0. The lowest BCUT2D eigenvalue weighted by Gasteiger charge is -2.48. The fourth-order valence-electron chi connectivity index (χ4n) is 3.65. The Hall–Kier alpha value is -1.62. The van der Waals surface area contributed by atoms with E-state index in [2.05, 4.69) is 4.98 Å². The third kappa shape index (κ3) is 3.24. The van der Waals surface area contributed by atoms with Gasteiger partial charge in [0.05, 0.1) is 13.2 Å². The van der Waals surface area contributed by atoms with E-state index in [1.807, 2.05) is 23.1 Å². The molecule has 2 aliphatic heterocycles. The minimum atomic E-state index is 0.184. The van der Waals surface area contributed by atoms with E-state index < -0.39 is 0 Å². The maximum absolute atomic E-state index is 11.5. The van der Waals surface area contributed by atoms with Gasteiger partial charge in [0, 0.05) is 44.8 Å². The van der Waals surface area contributed by atoms with Crippen LogP contribution in [0, 0.1) is 11.3 Å². The van der Waals surface area contributed by atoms with Crippen molar-refractivity contribution in [1.82, 2.24) is 9.88 Å². The van der Waals surface area contributed by atoms with E-state index >= 15 is 0 Å². The molecular weight excluding hydrogens is 280 g/mol. The quantitative estimate of drug-likeness (QED) is 0.858. The maximum atomic E-state index is 11.5. The number of rotatable bonds is 3. The molecule has 5 nitrogen and oxygen atoms in total. The van der Waals surface area contributed by atoms with Gasteiger partial charge in [-0.05, 0) is 30.7 Å². The molecule has 0 aliphatic carbocycles. The molecule has 3 heterocycles. The van der Waals surface area contributed by atoms with Crippen LogP contribution in [0.3, 0.4) is 0 Å². The van der Waals surface area contributed by atoms with E-state index in [9.17, 15) is 4.79 Å². The van der Waals surface area contributed by atoms with E-state index in [1.54, 1.807) is 13.1 Å². The highest BCUT2D eigenvalue weighted by Gasteiger charge is 2.44. The minimum absolute atomic E-state index is 0.184. The normalized spacial score (nSPS) is 24.2. The Balaban J connectivity index is 1.63. The third-order valence-electron chi connectivity index (χ3n) is 5.20. The molecule has 2 saturated heterocycles. The Morgan fingerprint density at radius 1 is 1.41 bits per heavy atom. The summed E-state index contributed by atoms with van der Waals surface area (Å²) in [5, 5.41) is 0. The van der Waals surface area contributed by atoms with Crippen molar-refractivity contribution in [2.75, 3.05) is 32.9 Å². The summed E-state index contributed by atoms with van der Waals surface area (Å²) in [6, 6.07) is 5.70. The molecule has 2 fully saturated rings. The van der Waals surface area contributed by atoms with Crippen molar-refractivity contribution in [2.24, 2.45) is 11.3 Å². The second-order valence-electron chi connectivity index (χ2n) is 6.37. The van der Waals surface area contributed by atoms with Crippen LogP contribution in [0.25, 0.3) is 0 Å². The summed E-state index contributed by atoms with van der Waals surface area (Å²) in [6.07, 6.45) is 4.90. The van der Waals surface area contributed by atoms with Gasteiger partial charge in [-0.25, -0.2) is 4.98 Å². The van der Waals surface area contributed by atoms with Gasteiger partial charge in [0.1, 0.15) is 0 Å². The lowest BCUT2D eigenvalue weighted by molar-refractivity contribution is -0.135. The number of pyridine rings is 1. The monoisotopic (exact) mass is 304 g/mol. The van der Waals surface area contributed by atoms with Crippen LogP contribution in [0.15, 0.2) is 24.4 Å². The van der Waals surface area contributed by atoms with Crippen molar-refractivity contribution < 1.29 is 14.3 Å². The van der Waals surface area contributed by atoms with Crippen LogP contribution in [0.2, 0.25) is 0 Å². The molecule has 1 spiro atoms. The highest BCUT2D eigenvalue weighted by molar-refractivity contribution is 5.73.